The van der Waals surface area contributed by atoms with Crippen LogP contribution in [0.2, 0.25) is 0 Å². The van der Waals surface area contributed by atoms with Gasteiger partial charge >= 0.3 is 12.0 Å². The molecular weight excluding hydrogens is 480 g/mol. The van der Waals surface area contributed by atoms with Crippen LogP contribution in [0.3, 0.4) is 0 Å². The Bertz CT molecular complexity index is 1070. The quantitative estimate of drug-likeness (QED) is 0.195. The van der Waals surface area contributed by atoms with Gasteiger partial charge in [-0.25, -0.2) is 14.5 Å². The molecule has 0 saturated carbocycles. The average Bonchev–Trinajstić information content (AvgIpc) is 2.89. The van der Waals surface area contributed by atoms with E-state index in [1.165, 1.54) is 10.5 Å². The lowest BCUT2D eigenvalue weighted by Gasteiger charge is -2.53. The number of esters is 1. The molecular formula is C31H42N2O5. The Labute approximate surface area is 226 Å². The minimum absolute atomic E-state index is 0.210. The van der Waals surface area contributed by atoms with Gasteiger partial charge in [0.25, 0.3) is 0 Å². The molecule has 0 bridgehead atoms. The van der Waals surface area contributed by atoms with Crippen molar-refractivity contribution in [2.75, 3.05) is 6.54 Å². The number of carbonyl (C=O) groups is 3. The summed E-state index contributed by atoms with van der Waals surface area (Å²) in [7, 11) is 0. The zero-order chi connectivity index (χ0) is 27.8. The van der Waals surface area contributed by atoms with E-state index in [1.54, 1.807) is 24.3 Å². The number of urea groups is 1. The first-order chi connectivity index (χ1) is 18.1. The largest absolute Gasteiger partial charge is 0.469 e. The second-order valence-electron chi connectivity index (χ2n) is 10.9. The maximum atomic E-state index is 13.1. The summed E-state index contributed by atoms with van der Waals surface area (Å²) in [4.78, 5) is 39.6. The van der Waals surface area contributed by atoms with E-state index in [0.29, 0.717) is 30.7 Å². The van der Waals surface area contributed by atoms with Crippen molar-refractivity contribution in [1.82, 2.24) is 10.2 Å². The van der Waals surface area contributed by atoms with E-state index in [9.17, 15) is 14.4 Å². The van der Waals surface area contributed by atoms with Gasteiger partial charge in [0.1, 0.15) is 16.8 Å². The highest BCUT2D eigenvalue weighted by Gasteiger charge is 2.62. The van der Waals surface area contributed by atoms with Gasteiger partial charge < -0.3 is 14.8 Å². The van der Waals surface area contributed by atoms with Gasteiger partial charge in [-0.05, 0) is 82.7 Å². The molecule has 206 valence electrons. The Morgan fingerprint density at radius 1 is 0.921 bits per heavy atom. The summed E-state index contributed by atoms with van der Waals surface area (Å²) in [5.74, 6) is -0.143. The molecule has 1 N–H and O–H groups in total. The molecule has 1 saturated heterocycles. The highest BCUT2D eigenvalue weighted by Crippen LogP contribution is 2.46. The van der Waals surface area contributed by atoms with Crippen molar-refractivity contribution in [3.63, 3.8) is 0 Å². The number of imide groups is 1. The minimum atomic E-state index is -0.751. The van der Waals surface area contributed by atoms with Gasteiger partial charge in [0.2, 0.25) is 5.91 Å². The van der Waals surface area contributed by atoms with E-state index >= 15 is 0 Å². The molecule has 0 aliphatic carbocycles. The standard InChI is InChI=1S/C31H42N2O5/c1-6-31(7-2)27(35)33(29(36)32-22-14-9-8-11-15-23-16-12-10-13-17-23)28(31)37-25-20-18-24(19-21-25)26(34)38-30(3,4)5/h10,12-13,16-21,28H,6-9,11,14-15,22H2,1-5H3,(H,32,36). The number of hydrogen-bond acceptors (Lipinski definition) is 5. The molecule has 1 heterocycles. The highest BCUT2D eigenvalue weighted by atomic mass is 16.6. The lowest BCUT2D eigenvalue weighted by atomic mass is 9.72. The van der Waals surface area contributed by atoms with E-state index in [4.69, 9.17) is 9.47 Å². The third-order valence-electron chi connectivity index (χ3n) is 7.08. The number of likely N-dealkylation sites (tertiary alicyclic amines) is 1. The third-order valence-corrected chi connectivity index (χ3v) is 7.08. The summed E-state index contributed by atoms with van der Waals surface area (Å²) < 4.78 is 11.6. The van der Waals surface area contributed by atoms with Gasteiger partial charge in [0, 0.05) is 6.54 Å². The minimum Gasteiger partial charge on any atom is -0.469 e. The Balaban J connectivity index is 1.52. The van der Waals surface area contributed by atoms with Gasteiger partial charge in [-0.2, -0.15) is 0 Å². The summed E-state index contributed by atoms with van der Waals surface area (Å²) in [6, 6.07) is 16.6. The molecule has 3 amide bonds. The molecule has 7 nitrogen and oxygen atoms in total. The number of benzene rings is 2. The highest BCUT2D eigenvalue weighted by molar-refractivity contribution is 6.03. The fraction of sp³-hybridized carbons (Fsp3) is 0.516. The summed E-state index contributed by atoms with van der Waals surface area (Å²) >= 11 is 0. The Kier molecular flexibility index (Phi) is 9.95. The van der Waals surface area contributed by atoms with Crippen LogP contribution >= 0.6 is 0 Å². The van der Waals surface area contributed by atoms with Gasteiger partial charge in [-0.3, -0.25) is 4.79 Å². The van der Waals surface area contributed by atoms with Crippen LogP contribution in [0.5, 0.6) is 5.75 Å². The molecule has 1 aliphatic rings. The second kappa shape index (κ2) is 12.9. The van der Waals surface area contributed by atoms with Crippen LogP contribution in [0, 0.1) is 5.41 Å². The molecule has 1 aliphatic heterocycles. The van der Waals surface area contributed by atoms with Crippen molar-refractivity contribution in [3.05, 3.63) is 65.7 Å². The topological polar surface area (TPSA) is 84.9 Å². The number of amides is 3. The number of nitrogens with one attached hydrogen (secondary N) is 1. The number of carbonyl (C=O) groups excluding carboxylic acids is 3. The van der Waals surface area contributed by atoms with Crippen molar-refractivity contribution in [2.24, 2.45) is 5.41 Å². The fourth-order valence-corrected chi connectivity index (χ4v) is 4.77. The maximum Gasteiger partial charge on any atom is 0.338 e. The number of ether oxygens (including phenoxy) is 2. The van der Waals surface area contributed by atoms with Gasteiger partial charge in [0.15, 0.2) is 6.23 Å². The van der Waals surface area contributed by atoms with Gasteiger partial charge in [-0.1, -0.05) is 57.0 Å². The van der Waals surface area contributed by atoms with Crippen molar-refractivity contribution < 1.29 is 23.9 Å². The number of β-lactam (4-membered cyclic amide) rings is 1. The van der Waals surface area contributed by atoms with Crippen molar-refractivity contribution in [2.45, 2.75) is 91.4 Å². The summed E-state index contributed by atoms with van der Waals surface area (Å²) in [6.07, 6.45) is 5.55. The first-order valence-electron chi connectivity index (χ1n) is 13.8. The molecule has 7 heteroatoms. The number of unbranched alkanes of at least 4 members (excludes halogenated alkanes) is 3. The van der Waals surface area contributed by atoms with Crippen LogP contribution in [-0.2, 0) is 16.0 Å². The lowest BCUT2D eigenvalue weighted by molar-refractivity contribution is -0.190. The molecule has 0 aromatic heterocycles. The summed E-state index contributed by atoms with van der Waals surface area (Å²) in [6.45, 7) is 9.84. The van der Waals surface area contributed by atoms with Crippen LogP contribution in [0.4, 0.5) is 4.79 Å². The fourth-order valence-electron chi connectivity index (χ4n) is 4.77. The molecule has 1 unspecified atom stereocenters. The molecule has 2 aromatic carbocycles. The normalized spacial score (nSPS) is 16.5. The van der Waals surface area contributed by atoms with Crippen LogP contribution in [-0.4, -0.2) is 41.2 Å². The van der Waals surface area contributed by atoms with Crippen LogP contribution < -0.4 is 10.1 Å². The van der Waals surface area contributed by atoms with Gasteiger partial charge in [-0.15, -0.1) is 0 Å². The smallest absolute Gasteiger partial charge is 0.338 e. The average molecular weight is 523 g/mol. The third kappa shape index (κ3) is 7.15. The zero-order valence-corrected chi connectivity index (χ0v) is 23.4. The Morgan fingerprint density at radius 3 is 2.16 bits per heavy atom. The van der Waals surface area contributed by atoms with Crippen molar-refractivity contribution >= 4 is 17.9 Å². The first kappa shape index (κ1) is 29.2. The molecule has 2 aromatic rings. The number of aryl methyl sites for hydroxylation is 1. The molecule has 0 radical (unpaired) electrons. The second-order valence-corrected chi connectivity index (χ2v) is 10.9. The number of rotatable bonds is 12. The maximum absolute atomic E-state index is 13.1. The molecule has 0 spiro atoms. The summed E-state index contributed by atoms with van der Waals surface area (Å²) in [5, 5.41) is 2.90. The SMILES string of the molecule is CCC1(CC)C(=O)N(C(=O)NCCCCCCc2ccccc2)C1Oc1ccc(C(=O)OC(C)(C)C)cc1. The van der Waals surface area contributed by atoms with E-state index < -0.39 is 29.2 Å². The lowest BCUT2D eigenvalue weighted by Crippen LogP contribution is -2.73. The number of hydrogen-bond donors (Lipinski definition) is 1. The summed E-state index contributed by atoms with van der Waals surface area (Å²) in [5.41, 5.74) is 0.417. The molecule has 1 fully saturated rings. The van der Waals surface area contributed by atoms with E-state index in [-0.39, 0.29) is 5.91 Å². The van der Waals surface area contributed by atoms with E-state index in [1.807, 2.05) is 40.7 Å². The first-order valence-corrected chi connectivity index (χ1v) is 13.8. The zero-order valence-electron chi connectivity index (χ0n) is 23.4. The predicted octanol–water partition coefficient (Wildman–Crippen LogP) is 6.51. The molecule has 3 rings (SSSR count). The van der Waals surface area contributed by atoms with Gasteiger partial charge in [0.05, 0.1) is 5.56 Å². The predicted molar refractivity (Wildman–Crippen MR) is 148 cm³/mol. The van der Waals surface area contributed by atoms with Crippen molar-refractivity contribution in [1.29, 1.82) is 0 Å². The van der Waals surface area contributed by atoms with E-state index in [0.717, 1.165) is 32.1 Å². The van der Waals surface area contributed by atoms with Crippen molar-refractivity contribution in [3.8, 4) is 5.75 Å². The monoisotopic (exact) mass is 522 g/mol. The Morgan fingerprint density at radius 2 is 1.55 bits per heavy atom. The molecule has 1 atom stereocenters. The van der Waals surface area contributed by atoms with Crippen LogP contribution in [0.25, 0.3) is 0 Å². The van der Waals surface area contributed by atoms with Crippen LogP contribution in [0.15, 0.2) is 54.6 Å². The van der Waals surface area contributed by atoms with Crippen LogP contribution in [0.1, 0.15) is 89.1 Å². The molecule has 38 heavy (non-hydrogen) atoms. The number of nitrogens with zero attached hydrogens (tertiary/aromatic N) is 1. The Hall–Kier alpha value is -3.35. The van der Waals surface area contributed by atoms with E-state index in [2.05, 4.69) is 29.6 Å².